The number of nitrogens with zero attached hydrogens (tertiary/aromatic N) is 1. The Kier molecular flexibility index (Phi) is 2.71. The molecule has 2 saturated carbocycles. The minimum atomic E-state index is -2.63. The first kappa shape index (κ1) is 14.3. The van der Waals surface area contributed by atoms with Crippen LogP contribution in [0.5, 0.6) is 0 Å². The maximum Gasteiger partial charge on any atom is 0.336 e. The summed E-state index contributed by atoms with van der Waals surface area (Å²) in [5.74, 6) is -5.22. The minimum Gasteiger partial charge on any atom is -0.329 e. The average Bonchev–Trinajstić information content (AvgIpc) is 2.67. The van der Waals surface area contributed by atoms with Gasteiger partial charge >= 0.3 is 5.97 Å². The minimum absolute atomic E-state index is 0.189. The van der Waals surface area contributed by atoms with E-state index in [1.807, 2.05) is 0 Å². The number of hydroxylamine groups is 2. The van der Waals surface area contributed by atoms with Crippen LogP contribution in [0.4, 0.5) is 8.78 Å². The standard InChI is InChI=1S/C16H13F2NO4/c17-16(18)7-15(8-16)5-9(6-15)14(22)23-19-12(20)10-3-1-2-4-11(10)13(19)21/h1-4,9H,5-8H2. The predicted molar refractivity (Wildman–Crippen MR) is 72.4 cm³/mol. The van der Waals surface area contributed by atoms with E-state index >= 15 is 0 Å². The van der Waals surface area contributed by atoms with E-state index in [1.165, 1.54) is 12.1 Å². The number of hydrogen-bond donors (Lipinski definition) is 0. The van der Waals surface area contributed by atoms with Gasteiger partial charge in [-0.2, -0.15) is 0 Å². The zero-order chi connectivity index (χ0) is 16.4. The van der Waals surface area contributed by atoms with E-state index in [0.717, 1.165) is 0 Å². The highest BCUT2D eigenvalue weighted by Gasteiger charge is 2.63. The molecule has 0 atom stereocenters. The molecule has 1 aliphatic heterocycles. The summed E-state index contributed by atoms with van der Waals surface area (Å²) in [7, 11) is 0. The van der Waals surface area contributed by atoms with Crippen molar-refractivity contribution in [3.63, 3.8) is 0 Å². The summed E-state index contributed by atoms with van der Waals surface area (Å²) in [6.45, 7) is 0. The summed E-state index contributed by atoms with van der Waals surface area (Å²) in [6, 6.07) is 6.19. The van der Waals surface area contributed by atoms with E-state index in [9.17, 15) is 23.2 Å². The number of alkyl halides is 2. The third-order valence-electron chi connectivity index (χ3n) is 4.90. The number of rotatable bonds is 2. The molecular weight excluding hydrogens is 308 g/mol. The molecule has 1 aromatic rings. The highest BCUT2D eigenvalue weighted by atomic mass is 19.3. The van der Waals surface area contributed by atoms with Crippen LogP contribution in [0.3, 0.4) is 0 Å². The van der Waals surface area contributed by atoms with Gasteiger partial charge in [-0.05, 0) is 30.4 Å². The third-order valence-corrected chi connectivity index (χ3v) is 4.90. The van der Waals surface area contributed by atoms with Gasteiger partial charge in [0.25, 0.3) is 11.8 Å². The van der Waals surface area contributed by atoms with Crippen LogP contribution in [0.25, 0.3) is 0 Å². The molecule has 0 unspecified atom stereocenters. The molecule has 0 N–H and O–H groups in total. The van der Waals surface area contributed by atoms with Crippen LogP contribution in [0.1, 0.15) is 46.4 Å². The van der Waals surface area contributed by atoms with Gasteiger partial charge in [0.15, 0.2) is 0 Å². The molecule has 0 aromatic heterocycles. The first-order valence-corrected chi connectivity index (χ1v) is 7.38. The normalized spacial score (nSPS) is 24.2. The van der Waals surface area contributed by atoms with E-state index in [4.69, 9.17) is 4.84 Å². The molecule has 2 aliphatic carbocycles. The fraction of sp³-hybridized carbons (Fsp3) is 0.438. The first-order valence-electron chi connectivity index (χ1n) is 7.38. The largest absolute Gasteiger partial charge is 0.336 e. The van der Waals surface area contributed by atoms with Crippen molar-refractivity contribution in [2.75, 3.05) is 0 Å². The van der Waals surface area contributed by atoms with Gasteiger partial charge in [0.1, 0.15) is 0 Å². The lowest BCUT2D eigenvalue weighted by Gasteiger charge is -2.56. The second-order valence-corrected chi connectivity index (χ2v) is 6.68. The van der Waals surface area contributed by atoms with Gasteiger partial charge in [-0.25, -0.2) is 13.6 Å². The zero-order valence-electron chi connectivity index (χ0n) is 12.1. The van der Waals surface area contributed by atoms with Crippen molar-refractivity contribution in [1.29, 1.82) is 0 Å². The van der Waals surface area contributed by atoms with E-state index in [2.05, 4.69) is 0 Å². The second-order valence-electron chi connectivity index (χ2n) is 6.68. The predicted octanol–water partition coefficient (Wildman–Crippen LogP) is 2.57. The zero-order valence-corrected chi connectivity index (χ0v) is 12.1. The van der Waals surface area contributed by atoms with Gasteiger partial charge in [0.05, 0.1) is 17.0 Å². The fourth-order valence-electron chi connectivity index (χ4n) is 3.90. The molecule has 3 aliphatic rings. The molecule has 0 saturated heterocycles. The van der Waals surface area contributed by atoms with Gasteiger partial charge in [0.2, 0.25) is 5.92 Å². The van der Waals surface area contributed by atoms with Crippen molar-refractivity contribution in [2.24, 2.45) is 11.3 Å². The van der Waals surface area contributed by atoms with Crippen LogP contribution in [-0.4, -0.2) is 28.8 Å². The Morgan fingerprint density at radius 1 is 1.09 bits per heavy atom. The summed E-state index contributed by atoms with van der Waals surface area (Å²) < 4.78 is 25.9. The van der Waals surface area contributed by atoms with Gasteiger partial charge < -0.3 is 4.84 Å². The number of carbonyl (C=O) groups excluding carboxylic acids is 3. The van der Waals surface area contributed by atoms with Crippen LogP contribution in [0, 0.1) is 11.3 Å². The maximum absolute atomic E-state index is 13.0. The average molecular weight is 321 g/mol. The lowest BCUT2D eigenvalue weighted by molar-refractivity contribution is -0.221. The Balaban J connectivity index is 1.40. The molecule has 5 nitrogen and oxygen atoms in total. The van der Waals surface area contributed by atoms with Crippen molar-refractivity contribution in [3.05, 3.63) is 35.4 Å². The molecule has 2 fully saturated rings. The Morgan fingerprint density at radius 2 is 1.61 bits per heavy atom. The number of amides is 2. The summed E-state index contributed by atoms with van der Waals surface area (Å²) >= 11 is 0. The molecule has 1 aromatic carbocycles. The lowest BCUT2D eigenvalue weighted by atomic mass is 9.50. The molecule has 0 radical (unpaired) electrons. The smallest absolute Gasteiger partial charge is 0.329 e. The van der Waals surface area contributed by atoms with Crippen molar-refractivity contribution < 1.29 is 28.0 Å². The van der Waals surface area contributed by atoms with E-state index in [-0.39, 0.29) is 24.0 Å². The highest BCUT2D eigenvalue weighted by Crippen LogP contribution is 2.64. The number of benzene rings is 1. The molecular formula is C16H13F2NO4. The number of carbonyl (C=O) groups is 3. The highest BCUT2D eigenvalue weighted by molar-refractivity contribution is 6.20. The number of imide groups is 1. The monoisotopic (exact) mass is 321 g/mol. The molecule has 2 amide bonds. The lowest BCUT2D eigenvalue weighted by Crippen LogP contribution is -2.55. The summed E-state index contributed by atoms with van der Waals surface area (Å²) in [5.41, 5.74) is -0.0853. The van der Waals surface area contributed by atoms with Gasteiger partial charge in [-0.1, -0.05) is 17.2 Å². The molecule has 4 rings (SSSR count). The Labute approximate surface area is 130 Å². The summed E-state index contributed by atoms with van der Waals surface area (Å²) in [5, 5.41) is 0.466. The number of halogens is 2. The molecule has 1 spiro atoms. The maximum atomic E-state index is 13.0. The quantitative estimate of drug-likeness (QED) is 0.785. The van der Waals surface area contributed by atoms with Crippen LogP contribution < -0.4 is 0 Å². The Bertz CT molecular complexity index is 694. The number of hydrogen-bond acceptors (Lipinski definition) is 4. The van der Waals surface area contributed by atoms with Crippen LogP contribution >= 0.6 is 0 Å². The fourth-order valence-corrected chi connectivity index (χ4v) is 3.90. The molecule has 1 heterocycles. The van der Waals surface area contributed by atoms with Crippen molar-refractivity contribution in [3.8, 4) is 0 Å². The van der Waals surface area contributed by atoms with Crippen LogP contribution in [0.2, 0.25) is 0 Å². The van der Waals surface area contributed by atoms with E-state index < -0.39 is 35.0 Å². The van der Waals surface area contributed by atoms with Crippen molar-refractivity contribution in [1.82, 2.24) is 5.06 Å². The Hall–Kier alpha value is -2.31. The van der Waals surface area contributed by atoms with Gasteiger partial charge in [-0.15, -0.1) is 0 Å². The second kappa shape index (κ2) is 4.37. The van der Waals surface area contributed by atoms with E-state index in [0.29, 0.717) is 17.9 Å². The molecule has 7 heteroatoms. The van der Waals surface area contributed by atoms with Crippen LogP contribution in [0.15, 0.2) is 24.3 Å². The molecule has 0 bridgehead atoms. The van der Waals surface area contributed by atoms with Crippen molar-refractivity contribution in [2.45, 2.75) is 31.6 Å². The van der Waals surface area contributed by atoms with E-state index in [1.54, 1.807) is 12.1 Å². The van der Waals surface area contributed by atoms with Gasteiger partial charge in [0, 0.05) is 12.8 Å². The molecule has 23 heavy (non-hydrogen) atoms. The Morgan fingerprint density at radius 3 is 2.09 bits per heavy atom. The topological polar surface area (TPSA) is 63.7 Å². The summed E-state index contributed by atoms with van der Waals surface area (Å²) in [4.78, 5) is 41.2. The van der Waals surface area contributed by atoms with Gasteiger partial charge in [-0.3, -0.25) is 9.59 Å². The number of fused-ring (bicyclic) bond motifs is 1. The molecule has 120 valence electrons. The van der Waals surface area contributed by atoms with Crippen molar-refractivity contribution >= 4 is 17.8 Å². The summed E-state index contributed by atoms with van der Waals surface area (Å²) in [6.07, 6.45) is 0.253. The van der Waals surface area contributed by atoms with Crippen LogP contribution in [-0.2, 0) is 9.63 Å². The SMILES string of the molecule is O=C(ON1C(=O)c2ccccc2C1=O)C1CC2(C1)CC(F)(F)C2. The third kappa shape index (κ3) is 2.06. The first-order chi connectivity index (χ1) is 10.8.